The minimum Gasteiger partial charge on any atom is -0.323 e. The number of hydrogen-bond acceptors (Lipinski definition) is 5. The van der Waals surface area contributed by atoms with Gasteiger partial charge in [-0.15, -0.1) is 0 Å². The molecular weight excluding hydrogens is 450 g/mol. The molecule has 0 heterocycles. The van der Waals surface area contributed by atoms with Crippen LogP contribution in [0.3, 0.4) is 0 Å². The van der Waals surface area contributed by atoms with Crippen LogP contribution in [0.4, 0.5) is 0 Å². The number of unbranched alkanes of at least 4 members (excludes halogenated alkanes) is 5. The Hall–Kier alpha value is 0.560. The summed E-state index contributed by atoms with van der Waals surface area (Å²) in [5.74, 6) is 0. The smallest absolute Gasteiger partial charge is 0.323 e. The van der Waals surface area contributed by atoms with Gasteiger partial charge >= 0.3 is 30.4 Å². The molecule has 164 valence electrons. The summed E-state index contributed by atoms with van der Waals surface area (Å²) >= 11 is 0. The van der Waals surface area contributed by atoms with E-state index >= 15 is 0 Å². The molecular formula is C10H27NO12P4. The van der Waals surface area contributed by atoms with Crippen molar-refractivity contribution in [2.24, 2.45) is 0 Å². The van der Waals surface area contributed by atoms with E-state index in [-0.39, 0.29) is 11.3 Å². The van der Waals surface area contributed by atoms with Crippen LogP contribution in [0.1, 0.15) is 45.4 Å². The number of nitrogens with zero attached hydrogens (tertiary/aromatic N) is 1. The van der Waals surface area contributed by atoms with E-state index in [0.29, 0.717) is 12.8 Å². The zero-order valence-electron chi connectivity index (χ0n) is 14.6. The molecule has 0 aliphatic heterocycles. The second kappa shape index (κ2) is 10.5. The molecule has 0 atom stereocenters. The molecule has 27 heavy (non-hydrogen) atoms. The van der Waals surface area contributed by atoms with E-state index in [1.807, 2.05) is 6.92 Å². The highest BCUT2D eigenvalue weighted by atomic mass is 31.2. The summed E-state index contributed by atoms with van der Waals surface area (Å²) in [7, 11) is -22.9. The van der Waals surface area contributed by atoms with E-state index in [2.05, 4.69) is 0 Å². The first-order valence-electron chi connectivity index (χ1n) is 7.90. The first-order chi connectivity index (χ1) is 11.9. The Balaban J connectivity index is 5.93. The molecule has 0 aromatic rings. The van der Waals surface area contributed by atoms with Crippen LogP contribution in [0.2, 0.25) is 0 Å². The van der Waals surface area contributed by atoms with Gasteiger partial charge in [-0.2, -0.15) is 0 Å². The van der Waals surface area contributed by atoms with Gasteiger partial charge < -0.3 is 39.1 Å². The fraction of sp³-hybridized carbons (Fsp3) is 1.00. The van der Waals surface area contributed by atoms with Crippen molar-refractivity contribution in [1.29, 1.82) is 0 Å². The average molecular weight is 477 g/mol. The molecule has 0 fully saturated rings. The molecule has 0 saturated carbocycles. The minimum atomic E-state index is -5.74. The lowest BCUT2D eigenvalue weighted by molar-refractivity contribution is 0.197. The zero-order chi connectivity index (χ0) is 21.7. The molecule has 0 unspecified atom stereocenters. The Morgan fingerprint density at radius 1 is 0.593 bits per heavy atom. The van der Waals surface area contributed by atoms with Gasteiger partial charge in [0.05, 0.1) is 0 Å². The Morgan fingerprint density at radius 3 is 1.19 bits per heavy atom. The van der Waals surface area contributed by atoms with Gasteiger partial charge in [0.15, 0.2) is 0 Å². The fourth-order valence-corrected chi connectivity index (χ4v) is 8.69. The quantitative estimate of drug-likeness (QED) is 0.136. The molecule has 0 aliphatic rings. The van der Waals surface area contributed by atoms with Crippen molar-refractivity contribution in [3.8, 4) is 0 Å². The van der Waals surface area contributed by atoms with Crippen molar-refractivity contribution < 1.29 is 57.4 Å². The van der Waals surface area contributed by atoms with Crippen LogP contribution in [0.5, 0.6) is 0 Å². The summed E-state index contributed by atoms with van der Waals surface area (Å²) in [6.45, 7) is 1.21. The molecule has 0 aromatic carbocycles. The predicted molar refractivity (Wildman–Crippen MR) is 95.8 cm³/mol. The highest BCUT2D eigenvalue weighted by Crippen LogP contribution is 2.68. The Kier molecular flexibility index (Phi) is 10.8. The molecule has 17 heteroatoms. The van der Waals surface area contributed by atoms with Crippen LogP contribution in [-0.4, -0.2) is 61.6 Å². The van der Waals surface area contributed by atoms with Crippen LogP contribution in [0.15, 0.2) is 0 Å². The molecule has 0 radical (unpaired) electrons. The normalized spacial score (nSPS) is 14.5. The minimum absolute atomic E-state index is 0.0449. The zero-order valence-corrected chi connectivity index (χ0v) is 18.1. The van der Waals surface area contributed by atoms with Crippen molar-refractivity contribution in [2.75, 3.05) is 6.54 Å². The third-order valence-corrected chi connectivity index (χ3v) is 10.8. The van der Waals surface area contributed by atoms with Crippen LogP contribution in [0.25, 0.3) is 0 Å². The van der Waals surface area contributed by atoms with E-state index in [9.17, 15) is 57.4 Å². The lowest BCUT2D eigenvalue weighted by atomic mass is 10.1. The van der Waals surface area contributed by atoms with E-state index in [4.69, 9.17) is 0 Å². The second-order valence-electron chi connectivity index (χ2n) is 6.05. The van der Waals surface area contributed by atoms with E-state index in [0.717, 1.165) is 19.3 Å². The fourth-order valence-electron chi connectivity index (χ4n) is 2.59. The maximum absolute atomic E-state index is 11.6. The molecule has 0 spiro atoms. The van der Waals surface area contributed by atoms with Crippen LogP contribution >= 0.6 is 30.4 Å². The van der Waals surface area contributed by atoms with Crippen molar-refractivity contribution in [2.45, 2.75) is 56.5 Å². The van der Waals surface area contributed by atoms with Gasteiger partial charge in [0, 0.05) is 6.54 Å². The first-order valence-corrected chi connectivity index (χ1v) is 14.6. The molecule has 0 bridgehead atoms. The highest BCUT2D eigenvalue weighted by Gasteiger charge is 2.58. The Labute approximate surface area is 156 Å². The maximum atomic E-state index is 11.6. The van der Waals surface area contributed by atoms with Crippen molar-refractivity contribution in [1.82, 2.24) is 4.90 Å². The third-order valence-electron chi connectivity index (χ3n) is 3.57. The highest BCUT2D eigenvalue weighted by molar-refractivity contribution is 7.72. The van der Waals surface area contributed by atoms with Gasteiger partial charge in [-0.05, 0) is 6.42 Å². The second-order valence-corrected chi connectivity index (χ2v) is 13.5. The number of hydrogen-bond donors (Lipinski definition) is 8. The van der Waals surface area contributed by atoms with Gasteiger partial charge in [-0.3, -0.25) is 23.2 Å². The van der Waals surface area contributed by atoms with Crippen LogP contribution in [-0.2, 0) is 18.3 Å². The average Bonchev–Trinajstić information content (AvgIpc) is 2.35. The van der Waals surface area contributed by atoms with Gasteiger partial charge in [0.1, 0.15) is 0 Å². The predicted octanol–water partition coefficient (Wildman–Crippen LogP) is 0.927. The van der Waals surface area contributed by atoms with E-state index in [1.54, 1.807) is 0 Å². The molecule has 13 nitrogen and oxygen atoms in total. The lowest BCUT2D eigenvalue weighted by Gasteiger charge is -2.37. The Morgan fingerprint density at radius 2 is 0.889 bits per heavy atom. The first kappa shape index (κ1) is 27.6. The summed E-state index contributed by atoms with van der Waals surface area (Å²) in [5.41, 5.74) is -6.18. The van der Waals surface area contributed by atoms with Crippen LogP contribution in [0, 0.1) is 0 Å². The van der Waals surface area contributed by atoms with E-state index < -0.39 is 48.0 Å². The molecule has 0 rings (SSSR count). The van der Waals surface area contributed by atoms with Gasteiger partial charge in [-0.25, -0.2) is 0 Å². The summed E-state index contributed by atoms with van der Waals surface area (Å²) in [4.78, 5) is 74.3. The SMILES string of the molecule is CCCCCCCCN(C(P(=O)(O)O)P(=O)(O)O)C(P(=O)(O)O)P(=O)(O)O. The molecule has 8 N–H and O–H groups in total. The number of rotatable bonds is 13. The lowest BCUT2D eigenvalue weighted by Crippen LogP contribution is -2.43. The summed E-state index contributed by atoms with van der Waals surface area (Å²) < 4.78 is 46.4. The standard InChI is InChI=1S/C10H27NO12P4/c1-2-3-4-5-6-7-8-11(9(24(12,13)14)25(15,16)17)10(26(18,19)20)27(21,22)23/h9-10H,2-8H2,1H3,(H2,12,13,14)(H2,15,16,17)(H2,18,19,20)(H2,21,22,23). The largest absolute Gasteiger partial charge is 0.355 e. The summed E-state index contributed by atoms with van der Waals surface area (Å²) in [5, 5.41) is 0. The van der Waals surface area contributed by atoms with E-state index in [1.165, 1.54) is 0 Å². The monoisotopic (exact) mass is 477 g/mol. The topological polar surface area (TPSA) is 233 Å². The maximum Gasteiger partial charge on any atom is 0.355 e. The van der Waals surface area contributed by atoms with Crippen molar-refractivity contribution in [3.05, 3.63) is 0 Å². The van der Waals surface area contributed by atoms with Crippen molar-refractivity contribution >= 4 is 30.4 Å². The molecule has 0 aromatic heterocycles. The molecule has 0 aliphatic carbocycles. The summed E-state index contributed by atoms with van der Waals surface area (Å²) in [6.07, 6.45) is 3.54. The molecule has 0 saturated heterocycles. The van der Waals surface area contributed by atoms with Gasteiger partial charge in [0.2, 0.25) is 11.0 Å². The third kappa shape index (κ3) is 9.74. The van der Waals surface area contributed by atoms with Gasteiger partial charge in [0.25, 0.3) is 0 Å². The summed E-state index contributed by atoms with van der Waals surface area (Å²) in [6, 6.07) is 0. The molecule has 0 amide bonds. The van der Waals surface area contributed by atoms with Gasteiger partial charge in [-0.1, -0.05) is 39.0 Å². The van der Waals surface area contributed by atoms with Crippen LogP contribution < -0.4 is 0 Å². The van der Waals surface area contributed by atoms with Crippen molar-refractivity contribution in [3.63, 3.8) is 0 Å². The Bertz CT molecular complexity index is 555.